The van der Waals surface area contributed by atoms with E-state index in [9.17, 15) is 13.2 Å². The molecule has 0 saturated carbocycles. The number of aromatic nitrogens is 6. The van der Waals surface area contributed by atoms with Crippen molar-refractivity contribution in [2.45, 2.75) is 70.4 Å². The first-order valence-electron chi connectivity index (χ1n) is 15.3. The van der Waals surface area contributed by atoms with Crippen LogP contribution < -0.4 is 10.6 Å². The van der Waals surface area contributed by atoms with Gasteiger partial charge in [-0.25, -0.2) is 9.78 Å². The maximum absolute atomic E-state index is 13.5. The fourth-order valence-corrected chi connectivity index (χ4v) is 7.08. The zero-order valence-corrected chi connectivity index (χ0v) is 27.4. The average Bonchev–Trinajstić information content (AvgIpc) is 3.74. The Morgan fingerprint density at radius 1 is 1.06 bits per heavy atom. The van der Waals surface area contributed by atoms with Gasteiger partial charge in [-0.2, -0.15) is 32.4 Å². The van der Waals surface area contributed by atoms with Crippen LogP contribution in [0.1, 0.15) is 49.7 Å². The van der Waals surface area contributed by atoms with Crippen molar-refractivity contribution in [3.05, 3.63) is 83.5 Å². The van der Waals surface area contributed by atoms with Gasteiger partial charge < -0.3 is 19.8 Å². The van der Waals surface area contributed by atoms with Crippen LogP contribution in [0.25, 0.3) is 22.0 Å². The van der Waals surface area contributed by atoms with Crippen LogP contribution in [0.2, 0.25) is 0 Å². The number of carbonyl (C=O) groups excluding carboxylic acids is 1. The highest BCUT2D eigenvalue weighted by Crippen LogP contribution is 2.31. The van der Waals surface area contributed by atoms with E-state index in [0.29, 0.717) is 58.3 Å². The zero-order chi connectivity index (χ0) is 33.1. The molecule has 13 nitrogen and oxygen atoms in total. The monoisotopic (exact) mass is 654 g/mol. The van der Waals surface area contributed by atoms with Gasteiger partial charge in [0.1, 0.15) is 11.1 Å². The minimum atomic E-state index is -3.86. The standard InChI is InChI=1S/C33H34N8O5S/c1-19-6-11-24(12-7-19)47(43,44)41-27-16-22(9-8-21(27)18-34-41)35-30-29-26(14-15-45-29)37-31(38-30)36-23-10-13-25-20(2)39-40(28(25)17-23)32(42)46-33(3,4)5/h6-7,10-15,17-18,22H,8-9,16H2,1-5H3,(H2,35,36,37,38). The van der Waals surface area contributed by atoms with Gasteiger partial charge in [0.2, 0.25) is 5.95 Å². The van der Waals surface area contributed by atoms with E-state index >= 15 is 0 Å². The van der Waals surface area contributed by atoms with E-state index in [-0.39, 0.29) is 10.9 Å². The van der Waals surface area contributed by atoms with Gasteiger partial charge in [-0.3, -0.25) is 0 Å². The lowest BCUT2D eigenvalue weighted by atomic mass is 9.94. The maximum Gasteiger partial charge on any atom is 0.435 e. The number of hydrogen-bond donors (Lipinski definition) is 2. The van der Waals surface area contributed by atoms with Crippen LogP contribution in [0.5, 0.6) is 0 Å². The lowest BCUT2D eigenvalue weighted by molar-refractivity contribution is 0.0522. The minimum absolute atomic E-state index is 0.148. The van der Waals surface area contributed by atoms with E-state index in [1.807, 2.05) is 26.0 Å². The number of furan rings is 1. The van der Waals surface area contributed by atoms with Crippen molar-refractivity contribution >= 4 is 55.6 Å². The summed E-state index contributed by atoms with van der Waals surface area (Å²) in [6.45, 7) is 9.16. The predicted octanol–water partition coefficient (Wildman–Crippen LogP) is 6.12. The molecule has 0 saturated heterocycles. The van der Waals surface area contributed by atoms with Crippen LogP contribution in [0.4, 0.5) is 22.2 Å². The fraction of sp³-hybridized carbons (Fsp3) is 0.303. The highest BCUT2D eigenvalue weighted by atomic mass is 32.2. The highest BCUT2D eigenvalue weighted by molar-refractivity contribution is 7.89. The van der Waals surface area contributed by atoms with Crippen LogP contribution in [0, 0.1) is 13.8 Å². The first-order chi connectivity index (χ1) is 22.4. The third kappa shape index (κ3) is 5.80. The Balaban J connectivity index is 1.16. The molecule has 0 aliphatic heterocycles. The fourth-order valence-electron chi connectivity index (χ4n) is 5.75. The van der Waals surface area contributed by atoms with Crippen LogP contribution in [0.3, 0.4) is 0 Å². The molecule has 2 N–H and O–H groups in total. The van der Waals surface area contributed by atoms with Crippen LogP contribution >= 0.6 is 0 Å². The molecular formula is C33H34N8O5S. The predicted molar refractivity (Wildman–Crippen MR) is 177 cm³/mol. The molecule has 14 heteroatoms. The van der Waals surface area contributed by atoms with Crippen molar-refractivity contribution in [3.8, 4) is 0 Å². The third-order valence-corrected chi connectivity index (χ3v) is 9.64. The Bertz CT molecular complexity index is 2260. The SMILES string of the molecule is Cc1ccc(S(=O)(=O)n2ncc3c2CC(Nc2nc(Nc4ccc5c(C)nn(C(=O)OC(C)(C)C)c5c4)nc4ccoc24)CC3)cc1. The largest absolute Gasteiger partial charge is 0.459 e. The summed E-state index contributed by atoms with van der Waals surface area (Å²) in [5, 5.41) is 16.2. The number of hydrogen-bond acceptors (Lipinski definition) is 11. The summed E-state index contributed by atoms with van der Waals surface area (Å²) in [6.07, 6.45) is 4.42. The van der Waals surface area contributed by atoms with E-state index in [2.05, 4.69) is 25.8 Å². The van der Waals surface area contributed by atoms with E-state index in [1.54, 1.807) is 69.6 Å². The summed E-state index contributed by atoms with van der Waals surface area (Å²) in [4.78, 5) is 22.5. The Morgan fingerprint density at radius 3 is 2.62 bits per heavy atom. The van der Waals surface area contributed by atoms with Crippen molar-refractivity contribution in [3.63, 3.8) is 0 Å². The number of carbonyl (C=O) groups is 1. The Morgan fingerprint density at radius 2 is 1.85 bits per heavy atom. The summed E-state index contributed by atoms with van der Waals surface area (Å²) in [7, 11) is -3.86. The van der Waals surface area contributed by atoms with Gasteiger partial charge in [-0.05, 0) is 83.4 Å². The number of nitrogens with zero attached hydrogens (tertiary/aromatic N) is 6. The van der Waals surface area contributed by atoms with Crippen LogP contribution in [-0.4, -0.2) is 55.1 Å². The lowest BCUT2D eigenvalue weighted by Gasteiger charge is -2.24. The number of aryl methyl sites for hydroxylation is 3. The molecule has 0 bridgehead atoms. The highest BCUT2D eigenvalue weighted by Gasteiger charge is 2.30. The minimum Gasteiger partial charge on any atom is -0.459 e. The maximum atomic E-state index is 13.5. The van der Waals surface area contributed by atoms with Gasteiger partial charge in [0.25, 0.3) is 10.0 Å². The van der Waals surface area contributed by atoms with Crippen molar-refractivity contribution in [2.75, 3.05) is 10.6 Å². The first kappa shape index (κ1) is 30.4. The molecule has 242 valence electrons. The first-order valence-corrected chi connectivity index (χ1v) is 16.7. The smallest absolute Gasteiger partial charge is 0.435 e. The lowest BCUT2D eigenvalue weighted by Crippen LogP contribution is -2.30. The Hall–Kier alpha value is -5.24. The van der Waals surface area contributed by atoms with E-state index in [4.69, 9.17) is 14.1 Å². The second-order valence-electron chi connectivity index (χ2n) is 12.7. The van der Waals surface area contributed by atoms with Crippen LogP contribution in [-0.2, 0) is 27.6 Å². The summed E-state index contributed by atoms with van der Waals surface area (Å²) >= 11 is 0. The van der Waals surface area contributed by atoms with Crippen LogP contribution in [0.15, 0.2) is 70.3 Å². The Labute approximate surface area is 271 Å². The van der Waals surface area contributed by atoms with Gasteiger partial charge >= 0.3 is 6.09 Å². The molecule has 1 aliphatic carbocycles. The number of nitrogens with one attached hydrogen (secondary N) is 2. The van der Waals surface area contributed by atoms with Gasteiger partial charge in [0.15, 0.2) is 11.4 Å². The molecular weight excluding hydrogens is 620 g/mol. The molecule has 4 heterocycles. The number of benzene rings is 2. The molecule has 0 spiro atoms. The summed E-state index contributed by atoms with van der Waals surface area (Å²) in [5.41, 5.74) is 4.84. The quantitative estimate of drug-likeness (QED) is 0.213. The second kappa shape index (κ2) is 11.2. The Kier molecular flexibility index (Phi) is 7.27. The molecule has 2 aromatic carbocycles. The van der Waals surface area contributed by atoms with E-state index in [0.717, 1.165) is 27.0 Å². The van der Waals surface area contributed by atoms with Gasteiger partial charge in [-0.1, -0.05) is 17.7 Å². The molecule has 1 aliphatic rings. The molecule has 1 unspecified atom stereocenters. The molecule has 0 radical (unpaired) electrons. The van der Waals surface area contributed by atoms with Crippen molar-refractivity contribution in [2.24, 2.45) is 0 Å². The van der Waals surface area contributed by atoms with Gasteiger partial charge in [-0.15, -0.1) is 0 Å². The molecule has 0 fully saturated rings. The third-order valence-electron chi connectivity index (χ3n) is 8.00. The van der Waals surface area contributed by atoms with E-state index < -0.39 is 21.7 Å². The number of anilines is 3. The van der Waals surface area contributed by atoms with Gasteiger partial charge in [0.05, 0.1) is 34.3 Å². The number of fused-ring (bicyclic) bond motifs is 3. The van der Waals surface area contributed by atoms with Crippen molar-refractivity contribution < 1.29 is 22.4 Å². The average molecular weight is 655 g/mol. The molecule has 0 amide bonds. The molecule has 1 atom stereocenters. The van der Waals surface area contributed by atoms with Crippen molar-refractivity contribution in [1.29, 1.82) is 0 Å². The van der Waals surface area contributed by atoms with Crippen molar-refractivity contribution in [1.82, 2.24) is 28.9 Å². The topological polar surface area (TPSA) is 159 Å². The second-order valence-corrected chi connectivity index (χ2v) is 14.5. The number of rotatable bonds is 6. The number of ether oxygens (including phenoxy) is 1. The summed E-state index contributed by atoms with van der Waals surface area (Å²) in [5.74, 6) is 0.781. The molecule has 7 rings (SSSR count). The normalized spacial score (nSPS) is 15.1. The summed E-state index contributed by atoms with van der Waals surface area (Å²) < 4.78 is 40.7. The zero-order valence-electron chi connectivity index (χ0n) is 26.6. The molecule has 47 heavy (non-hydrogen) atoms. The van der Waals surface area contributed by atoms with E-state index in [1.165, 1.54) is 4.68 Å². The molecule has 4 aromatic heterocycles. The van der Waals surface area contributed by atoms with Gasteiger partial charge in [0, 0.05) is 29.6 Å². The summed E-state index contributed by atoms with van der Waals surface area (Å²) in [6, 6.07) is 13.9. The molecule has 6 aromatic rings.